The summed E-state index contributed by atoms with van der Waals surface area (Å²) >= 11 is 1.66. The highest BCUT2D eigenvalue weighted by molar-refractivity contribution is 7.07. The van der Waals surface area contributed by atoms with Gasteiger partial charge in [0, 0.05) is 18.5 Å². The summed E-state index contributed by atoms with van der Waals surface area (Å²) in [7, 11) is 0. The molecule has 0 radical (unpaired) electrons. The van der Waals surface area contributed by atoms with Crippen LogP contribution in [0, 0.1) is 0 Å². The third-order valence-corrected chi connectivity index (χ3v) is 3.41. The van der Waals surface area contributed by atoms with E-state index in [4.69, 9.17) is 0 Å². The van der Waals surface area contributed by atoms with Crippen molar-refractivity contribution in [3.05, 3.63) is 40.8 Å². The smallest absolute Gasteiger partial charge is 0.0795 e. The average Bonchev–Trinajstić information content (AvgIpc) is 2.82. The molecule has 3 rings (SSSR count). The Morgan fingerprint density at radius 3 is 3.19 bits per heavy atom. The molecule has 0 spiro atoms. The second-order valence-corrected chi connectivity index (χ2v) is 4.56. The van der Waals surface area contributed by atoms with Gasteiger partial charge in [-0.25, -0.2) is 4.98 Å². The van der Waals surface area contributed by atoms with E-state index in [-0.39, 0.29) is 0 Å². The van der Waals surface area contributed by atoms with Gasteiger partial charge in [-0.3, -0.25) is 0 Å². The molecule has 16 heavy (non-hydrogen) atoms. The summed E-state index contributed by atoms with van der Waals surface area (Å²) < 4.78 is 0. The van der Waals surface area contributed by atoms with Crippen LogP contribution in [0.25, 0.3) is 0 Å². The van der Waals surface area contributed by atoms with Gasteiger partial charge in [-0.05, 0) is 12.1 Å². The summed E-state index contributed by atoms with van der Waals surface area (Å²) in [6.45, 7) is 2.94. The first-order valence-corrected chi connectivity index (χ1v) is 6.33. The van der Waals surface area contributed by atoms with Gasteiger partial charge in [0.1, 0.15) is 0 Å². The summed E-state index contributed by atoms with van der Waals surface area (Å²) in [5, 5.41) is 5.53. The van der Waals surface area contributed by atoms with Gasteiger partial charge < -0.3 is 10.2 Å². The Morgan fingerprint density at radius 2 is 2.31 bits per heavy atom. The molecular formula is C12H13N3S. The second-order valence-electron chi connectivity index (χ2n) is 3.85. The quantitative estimate of drug-likeness (QED) is 0.861. The van der Waals surface area contributed by atoms with Gasteiger partial charge in [0.05, 0.1) is 29.1 Å². The van der Waals surface area contributed by atoms with Crippen molar-refractivity contribution in [1.82, 2.24) is 4.98 Å². The number of fused-ring (bicyclic) bond motifs is 1. The SMILES string of the molecule is c1ccc2c(c1)NCCN2Cc1cscn1. The maximum atomic E-state index is 4.34. The van der Waals surface area contributed by atoms with Gasteiger partial charge in [0.15, 0.2) is 0 Å². The van der Waals surface area contributed by atoms with Crippen molar-refractivity contribution in [1.29, 1.82) is 0 Å². The van der Waals surface area contributed by atoms with Crippen LogP contribution in [-0.4, -0.2) is 18.1 Å². The zero-order valence-corrected chi connectivity index (χ0v) is 9.70. The fourth-order valence-electron chi connectivity index (χ4n) is 2.02. The van der Waals surface area contributed by atoms with Crippen LogP contribution in [0.5, 0.6) is 0 Å². The first kappa shape index (κ1) is 9.66. The van der Waals surface area contributed by atoms with E-state index in [0.29, 0.717) is 0 Å². The number of hydrogen-bond acceptors (Lipinski definition) is 4. The molecule has 0 atom stereocenters. The van der Waals surface area contributed by atoms with E-state index in [1.807, 2.05) is 5.51 Å². The summed E-state index contributed by atoms with van der Waals surface area (Å²) in [6, 6.07) is 8.44. The third-order valence-electron chi connectivity index (χ3n) is 2.78. The Hall–Kier alpha value is -1.55. The van der Waals surface area contributed by atoms with Crippen LogP contribution in [0.4, 0.5) is 11.4 Å². The number of rotatable bonds is 2. The number of nitrogens with one attached hydrogen (secondary N) is 1. The lowest BCUT2D eigenvalue weighted by molar-refractivity contribution is 0.775. The molecule has 82 valence electrons. The first-order chi connectivity index (χ1) is 7.93. The highest BCUT2D eigenvalue weighted by atomic mass is 32.1. The van der Waals surface area contributed by atoms with Crippen molar-refractivity contribution in [2.75, 3.05) is 23.3 Å². The van der Waals surface area contributed by atoms with Gasteiger partial charge in [0.25, 0.3) is 0 Å². The van der Waals surface area contributed by atoms with Crippen molar-refractivity contribution in [2.24, 2.45) is 0 Å². The van der Waals surface area contributed by atoms with E-state index >= 15 is 0 Å². The van der Waals surface area contributed by atoms with E-state index in [1.165, 1.54) is 11.4 Å². The van der Waals surface area contributed by atoms with E-state index in [9.17, 15) is 0 Å². The Kier molecular flexibility index (Phi) is 2.50. The van der Waals surface area contributed by atoms with Crippen LogP contribution in [0.1, 0.15) is 5.69 Å². The van der Waals surface area contributed by atoms with Gasteiger partial charge in [-0.2, -0.15) is 0 Å². The Bertz CT molecular complexity index is 467. The van der Waals surface area contributed by atoms with Crippen LogP contribution < -0.4 is 10.2 Å². The van der Waals surface area contributed by atoms with Gasteiger partial charge in [-0.1, -0.05) is 12.1 Å². The topological polar surface area (TPSA) is 28.2 Å². The molecule has 2 aromatic rings. The monoisotopic (exact) mass is 231 g/mol. The first-order valence-electron chi connectivity index (χ1n) is 5.38. The predicted octanol–water partition coefficient (Wildman–Crippen LogP) is 2.58. The largest absolute Gasteiger partial charge is 0.382 e. The molecule has 0 fully saturated rings. The Balaban J connectivity index is 1.87. The molecule has 0 unspecified atom stereocenters. The minimum absolute atomic E-state index is 0.905. The molecule has 1 aliphatic rings. The molecule has 0 saturated heterocycles. The highest BCUT2D eigenvalue weighted by Gasteiger charge is 2.16. The third kappa shape index (κ3) is 1.76. The van der Waals surface area contributed by atoms with Crippen molar-refractivity contribution in [3.8, 4) is 0 Å². The van der Waals surface area contributed by atoms with Crippen LogP contribution in [-0.2, 0) is 6.54 Å². The molecule has 3 nitrogen and oxygen atoms in total. The number of hydrogen-bond donors (Lipinski definition) is 1. The van der Waals surface area contributed by atoms with Crippen molar-refractivity contribution in [2.45, 2.75) is 6.54 Å². The maximum Gasteiger partial charge on any atom is 0.0795 e. The standard InChI is InChI=1S/C12H13N3S/c1-2-4-12-11(3-1)13-5-6-15(12)7-10-8-16-9-14-10/h1-4,8-9,13H,5-7H2. The van der Waals surface area contributed by atoms with Gasteiger partial charge >= 0.3 is 0 Å². The summed E-state index contributed by atoms with van der Waals surface area (Å²) in [5.41, 5.74) is 5.55. The molecule has 1 aliphatic heterocycles. The fourth-order valence-corrected chi connectivity index (χ4v) is 2.57. The average molecular weight is 231 g/mol. The second kappa shape index (κ2) is 4.14. The number of anilines is 2. The predicted molar refractivity (Wildman–Crippen MR) is 68.1 cm³/mol. The van der Waals surface area contributed by atoms with E-state index in [1.54, 1.807) is 11.3 Å². The lowest BCUT2D eigenvalue weighted by atomic mass is 10.2. The van der Waals surface area contributed by atoms with E-state index in [2.05, 4.69) is 44.8 Å². The molecule has 0 aliphatic carbocycles. The van der Waals surface area contributed by atoms with Crippen LogP contribution in [0.3, 0.4) is 0 Å². The maximum absolute atomic E-state index is 4.34. The van der Waals surface area contributed by atoms with Crippen molar-refractivity contribution >= 4 is 22.7 Å². The molecule has 2 heterocycles. The zero-order chi connectivity index (χ0) is 10.8. The van der Waals surface area contributed by atoms with E-state index in [0.717, 1.165) is 25.3 Å². The van der Waals surface area contributed by atoms with Crippen molar-refractivity contribution in [3.63, 3.8) is 0 Å². The lowest BCUT2D eigenvalue weighted by Gasteiger charge is -2.31. The van der Waals surface area contributed by atoms with E-state index < -0.39 is 0 Å². The molecular weight excluding hydrogens is 218 g/mol. The molecule has 0 saturated carbocycles. The minimum atomic E-state index is 0.905. The van der Waals surface area contributed by atoms with Gasteiger partial charge in [-0.15, -0.1) is 11.3 Å². The minimum Gasteiger partial charge on any atom is -0.382 e. The summed E-state index contributed by atoms with van der Waals surface area (Å²) in [5.74, 6) is 0. The number of para-hydroxylation sites is 2. The highest BCUT2D eigenvalue weighted by Crippen LogP contribution is 2.29. The zero-order valence-electron chi connectivity index (χ0n) is 8.89. The van der Waals surface area contributed by atoms with Crippen molar-refractivity contribution < 1.29 is 0 Å². The van der Waals surface area contributed by atoms with Crippen LogP contribution in [0.2, 0.25) is 0 Å². The molecule has 1 N–H and O–H groups in total. The summed E-state index contributed by atoms with van der Waals surface area (Å²) in [4.78, 5) is 6.72. The number of aromatic nitrogens is 1. The van der Waals surface area contributed by atoms with Gasteiger partial charge in [0.2, 0.25) is 0 Å². The molecule has 1 aromatic heterocycles. The normalized spacial score (nSPS) is 14.4. The number of nitrogens with zero attached hydrogens (tertiary/aromatic N) is 2. The fraction of sp³-hybridized carbons (Fsp3) is 0.250. The number of benzene rings is 1. The molecule has 4 heteroatoms. The molecule has 1 aromatic carbocycles. The van der Waals surface area contributed by atoms with Crippen LogP contribution in [0.15, 0.2) is 35.2 Å². The number of thiazole rings is 1. The Morgan fingerprint density at radius 1 is 1.38 bits per heavy atom. The van der Waals surface area contributed by atoms with Crippen LogP contribution >= 0.6 is 11.3 Å². The Labute approximate surface area is 98.7 Å². The summed E-state index contributed by atoms with van der Waals surface area (Å²) in [6.07, 6.45) is 0. The lowest BCUT2D eigenvalue weighted by Crippen LogP contribution is -2.33. The molecule has 0 amide bonds. The molecule has 0 bridgehead atoms.